The molecule has 2 unspecified atom stereocenters. The van der Waals surface area contributed by atoms with Crippen molar-refractivity contribution in [2.24, 2.45) is 5.41 Å². The van der Waals surface area contributed by atoms with Crippen molar-refractivity contribution < 1.29 is 28.2 Å². The number of carbonyl (C=O) groups is 2. The van der Waals surface area contributed by atoms with Gasteiger partial charge in [-0.2, -0.15) is 0 Å². The van der Waals surface area contributed by atoms with Crippen LogP contribution in [0.3, 0.4) is 0 Å². The van der Waals surface area contributed by atoms with Gasteiger partial charge in [-0.25, -0.2) is 8.78 Å². The second kappa shape index (κ2) is 6.79. The van der Waals surface area contributed by atoms with Crippen LogP contribution in [0.25, 0.3) is 0 Å². The first-order chi connectivity index (χ1) is 8.86. The van der Waals surface area contributed by atoms with E-state index in [1.165, 1.54) is 0 Å². The van der Waals surface area contributed by atoms with Gasteiger partial charge < -0.3 is 15.2 Å². The highest BCUT2D eigenvalue weighted by molar-refractivity contribution is 5.80. The van der Waals surface area contributed by atoms with E-state index in [-0.39, 0.29) is 18.9 Å². The van der Waals surface area contributed by atoms with Crippen LogP contribution in [0.1, 0.15) is 32.6 Å². The summed E-state index contributed by atoms with van der Waals surface area (Å²) in [6, 6.07) is -0.410. The lowest BCUT2D eigenvalue weighted by Crippen LogP contribution is -2.47. The number of ether oxygens (including phenoxy) is 1. The Morgan fingerprint density at radius 1 is 1.53 bits per heavy atom. The molecule has 1 aliphatic carbocycles. The number of hydrogen-bond acceptors (Lipinski definition) is 3. The lowest BCUT2D eigenvalue weighted by molar-refractivity contribution is -0.149. The predicted molar refractivity (Wildman–Crippen MR) is 63.0 cm³/mol. The first-order valence-electron chi connectivity index (χ1n) is 6.25. The third-order valence-electron chi connectivity index (χ3n) is 3.50. The maximum absolute atomic E-state index is 11.8. The van der Waals surface area contributed by atoms with E-state index >= 15 is 0 Å². The molecule has 0 heterocycles. The zero-order chi connectivity index (χ0) is 14.5. The normalized spacial score (nSPS) is 26.6. The maximum Gasteiger partial charge on any atom is 0.311 e. The smallest absolute Gasteiger partial charge is 0.311 e. The van der Waals surface area contributed by atoms with Crippen LogP contribution in [0, 0.1) is 5.41 Å². The monoisotopic (exact) mass is 279 g/mol. The third kappa shape index (κ3) is 4.41. The van der Waals surface area contributed by atoms with Crippen molar-refractivity contribution in [3.05, 3.63) is 0 Å². The van der Waals surface area contributed by atoms with Gasteiger partial charge in [0.05, 0.1) is 12.0 Å². The van der Waals surface area contributed by atoms with Gasteiger partial charge in [-0.15, -0.1) is 0 Å². The molecular formula is C12H19F2NO4. The summed E-state index contributed by atoms with van der Waals surface area (Å²) in [4.78, 5) is 22.8. The molecular weight excluding hydrogens is 260 g/mol. The molecule has 110 valence electrons. The molecule has 0 bridgehead atoms. The van der Waals surface area contributed by atoms with Gasteiger partial charge in [-0.3, -0.25) is 9.59 Å². The van der Waals surface area contributed by atoms with Crippen molar-refractivity contribution in [3.8, 4) is 0 Å². The summed E-state index contributed by atoms with van der Waals surface area (Å²) < 4.78 is 28.2. The van der Waals surface area contributed by atoms with Crippen LogP contribution in [0.5, 0.6) is 0 Å². The second-order valence-corrected chi connectivity index (χ2v) is 4.95. The van der Waals surface area contributed by atoms with Gasteiger partial charge in [0.2, 0.25) is 5.91 Å². The van der Waals surface area contributed by atoms with Crippen molar-refractivity contribution in [1.29, 1.82) is 0 Å². The Morgan fingerprint density at radius 2 is 2.21 bits per heavy atom. The third-order valence-corrected chi connectivity index (χ3v) is 3.50. The number of carbonyl (C=O) groups excluding carboxylic acids is 1. The Hall–Kier alpha value is -1.24. The molecule has 2 N–H and O–H groups in total. The SMILES string of the molecule is CC1(C(=O)O)CCCC1NC(=O)CCOCC(F)F. The van der Waals surface area contributed by atoms with Gasteiger partial charge in [-0.1, -0.05) is 6.42 Å². The van der Waals surface area contributed by atoms with Gasteiger partial charge in [0.15, 0.2) is 0 Å². The molecule has 1 rings (SSSR count). The molecule has 0 aliphatic heterocycles. The van der Waals surface area contributed by atoms with Crippen LogP contribution >= 0.6 is 0 Å². The van der Waals surface area contributed by atoms with E-state index in [9.17, 15) is 23.5 Å². The van der Waals surface area contributed by atoms with E-state index in [2.05, 4.69) is 10.1 Å². The predicted octanol–water partition coefficient (Wildman–Crippen LogP) is 1.42. The van der Waals surface area contributed by atoms with Crippen LogP contribution in [0.15, 0.2) is 0 Å². The van der Waals surface area contributed by atoms with Gasteiger partial charge in [-0.05, 0) is 19.8 Å². The number of hydrogen-bond donors (Lipinski definition) is 2. The van der Waals surface area contributed by atoms with Crippen molar-refractivity contribution in [3.63, 3.8) is 0 Å². The minimum atomic E-state index is -2.55. The Kier molecular flexibility index (Phi) is 5.65. The van der Waals surface area contributed by atoms with E-state index in [4.69, 9.17) is 0 Å². The molecule has 0 spiro atoms. The largest absolute Gasteiger partial charge is 0.481 e. The molecule has 1 fully saturated rings. The molecule has 0 aromatic carbocycles. The minimum absolute atomic E-state index is 0.0427. The van der Waals surface area contributed by atoms with Crippen molar-refractivity contribution in [1.82, 2.24) is 5.32 Å². The average molecular weight is 279 g/mol. The lowest BCUT2D eigenvalue weighted by atomic mass is 9.85. The molecule has 7 heteroatoms. The topological polar surface area (TPSA) is 75.6 Å². The van der Waals surface area contributed by atoms with E-state index in [0.29, 0.717) is 12.8 Å². The minimum Gasteiger partial charge on any atom is -0.481 e. The fraction of sp³-hybridized carbons (Fsp3) is 0.833. The Bertz CT molecular complexity index is 338. The number of carboxylic acids is 1. The van der Waals surface area contributed by atoms with Gasteiger partial charge >= 0.3 is 5.97 Å². The van der Waals surface area contributed by atoms with Crippen molar-refractivity contribution >= 4 is 11.9 Å². The van der Waals surface area contributed by atoms with Crippen molar-refractivity contribution in [2.75, 3.05) is 13.2 Å². The molecule has 1 amide bonds. The fourth-order valence-corrected chi connectivity index (χ4v) is 2.26. The first-order valence-corrected chi connectivity index (χ1v) is 6.25. The van der Waals surface area contributed by atoms with Gasteiger partial charge in [0, 0.05) is 12.5 Å². The number of nitrogens with one attached hydrogen (secondary N) is 1. The number of rotatable bonds is 7. The lowest BCUT2D eigenvalue weighted by Gasteiger charge is -2.27. The highest BCUT2D eigenvalue weighted by Crippen LogP contribution is 2.38. The maximum atomic E-state index is 11.8. The van der Waals surface area contributed by atoms with E-state index in [1.807, 2.05) is 0 Å². The van der Waals surface area contributed by atoms with Crippen molar-refractivity contribution in [2.45, 2.75) is 45.1 Å². The molecule has 5 nitrogen and oxygen atoms in total. The Morgan fingerprint density at radius 3 is 2.79 bits per heavy atom. The van der Waals surface area contributed by atoms with Gasteiger partial charge in [0.25, 0.3) is 6.43 Å². The molecule has 19 heavy (non-hydrogen) atoms. The van der Waals surface area contributed by atoms with E-state index in [0.717, 1.165) is 6.42 Å². The van der Waals surface area contributed by atoms with Gasteiger partial charge in [0.1, 0.15) is 6.61 Å². The van der Waals surface area contributed by atoms with Crippen LogP contribution in [-0.4, -0.2) is 42.7 Å². The standard InChI is InChI=1S/C12H19F2NO4/c1-12(11(17)18)5-2-3-8(12)15-10(16)4-6-19-7-9(13)14/h8-9H,2-7H2,1H3,(H,15,16)(H,17,18). The molecule has 1 saturated carbocycles. The van der Waals surface area contributed by atoms with E-state index in [1.54, 1.807) is 6.92 Å². The zero-order valence-electron chi connectivity index (χ0n) is 10.8. The summed E-state index contributed by atoms with van der Waals surface area (Å²) in [6.45, 7) is 0.830. The number of aliphatic carboxylic acids is 1. The first kappa shape index (κ1) is 15.8. The summed E-state index contributed by atoms with van der Waals surface area (Å²) in [5.41, 5.74) is -0.945. The molecule has 2 atom stereocenters. The number of halogens is 2. The summed E-state index contributed by atoms with van der Waals surface area (Å²) in [5, 5.41) is 11.8. The molecule has 0 saturated heterocycles. The number of amides is 1. The molecule has 0 aromatic heterocycles. The molecule has 0 aromatic rings. The highest BCUT2D eigenvalue weighted by Gasteiger charge is 2.45. The second-order valence-electron chi connectivity index (χ2n) is 4.95. The van der Waals surface area contributed by atoms with Crippen LogP contribution in [-0.2, 0) is 14.3 Å². The summed E-state index contributed by atoms with van der Waals surface area (Å²) in [5.74, 6) is -1.29. The molecule has 0 radical (unpaired) electrons. The highest BCUT2D eigenvalue weighted by atomic mass is 19.3. The zero-order valence-corrected chi connectivity index (χ0v) is 10.8. The average Bonchev–Trinajstić information content (AvgIpc) is 2.68. The van der Waals surface area contributed by atoms with Crippen LogP contribution in [0.2, 0.25) is 0 Å². The molecule has 1 aliphatic rings. The Labute approximate surface area is 110 Å². The number of carboxylic acid groups (broad SMARTS) is 1. The number of alkyl halides is 2. The van der Waals surface area contributed by atoms with Crippen LogP contribution in [0.4, 0.5) is 8.78 Å². The summed E-state index contributed by atoms with van der Waals surface area (Å²) in [6.07, 6.45) is -0.705. The Balaban J connectivity index is 2.34. The summed E-state index contributed by atoms with van der Waals surface area (Å²) in [7, 11) is 0. The fourth-order valence-electron chi connectivity index (χ4n) is 2.26. The van der Waals surface area contributed by atoms with E-state index < -0.39 is 30.5 Å². The van der Waals surface area contributed by atoms with Crippen LogP contribution < -0.4 is 5.32 Å². The quantitative estimate of drug-likeness (QED) is 0.691. The summed E-state index contributed by atoms with van der Waals surface area (Å²) >= 11 is 0.